The second kappa shape index (κ2) is 3.97. The number of benzene rings is 1. The summed E-state index contributed by atoms with van der Waals surface area (Å²) >= 11 is 0. The zero-order valence-corrected chi connectivity index (χ0v) is 9.09. The summed E-state index contributed by atoms with van der Waals surface area (Å²) in [6, 6.07) is 7.46. The number of aromatic nitrogens is 2. The number of fused-ring (bicyclic) bond motifs is 1. The van der Waals surface area contributed by atoms with Crippen LogP contribution in [0.2, 0.25) is 0 Å². The first-order valence-corrected chi connectivity index (χ1v) is 5.44. The van der Waals surface area contributed by atoms with Crippen molar-refractivity contribution >= 4 is 16.8 Å². The molecule has 2 heterocycles. The molecule has 0 radical (unpaired) electrons. The van der Waals surface area contributed by atoms with Gasteiger partial charge in [-0.15, -0.1) is 0 Å². The summed E-state index contributed by atoms with van der Waals surface area (Å²) in [5.41, 5.74) is 1.83. The van der Waals surface area contributed by atoms with E-state index in [1.165, 1.54) is 6.20 Å². The summed E-state index contributed by atoms with van der Waals surface area (Å²) in [6.45, 7) is 0.572. The van der Waals surface area contributed by atoms with Crippen molar-refractivity contribution in [1.82, 2.24) is 9.97 Å². The number of Topliss-reactive ketones (excluding diaryl/α,β-unsaturated/α-hetero) is 1. The Morgan fingerprint density at radius 1 is 1.24 bits per heavy atom. The van der Waals surface area contributed by atoms with Gasteiger partial charge in [0.25, 0.3) is 0 Å². The Bertz CT molecular complexity index is 620. The largest absolute Gasteiger partial charge is 0.489 e. The highest BCUT2D eigenvalue weighted by Crippen LogP contribution is 2.16. The van der Waals surface area contributed by atoms with E-state index in [0.717, 1.165) is 17.5 Å². The van der Waals surface area contributed by atoms with Crippen molar-refractivity contribution in [3.05, 3.63) is 48.0 Å². The molecule has 1 aliphatic heterocycles. The first-order chi connectivity index (χ1) is 8.34. The van der Waals surface area contributed by atoms with Gasteiger partial charge in [-0.25, -0.2) is 4.98 Å². The van der Waals surface area contributed by atoms with Gasteiger partial charge in [-0.1, -0.05) is 12.1 Å². The van der Waals surface area contributed by atoms with Crippen LogP contribution >= 0.6 is 0 Å². The quantitative estimate of drug-likeness (QED) is 0.736. The normalized spacial score (nSPS) is 14.5. The minimum Gasteiger partial charge on any atom is -0.489 e. The Morgan fingerprint density at radius 2 is 2.06 bits per heavy atom. The first kappa shape index (κ1) is 9.96. The van der Waals surface area contributed by atoms with E-state index >= 15 is 0 Å². The van der Waals surface area contributed by atoms with Gasteiger partial charge in [-0.2, -0.15) is 0 Å². The van der Waals surface area contributed by atoms with Gasteiger partial charge < -0.3 is 4.74 Å². The summed E-state index contributed by atoms with van der Waals surface area (Å²) in [5, 5.41) is 0. The molecule has 1 aliphatic rings. The number of ketones is 1. The molecule has 0 N–H and O–H groups in total. The molecule has 2 aromatic rings. The molecule has 0 spiro atoms. The third kappa shape index (κ3) is 1.78. The molecular formula is C13H10N2O2. The van der Waals surface area contributed by atoms with E-state index in [-0.39, 0.29) is 5.78 Å². The van der Waals surface area contributed by atoms with Crippen molar-refractivity contribution in [2.45, 2.75) is 6.42 Å². The average molecular weight is 226 g/mol. The number of hydrogen-bond acceptors (Lipinski definition) is 4. The molecule has 0 aliphatic carbocycles. The molecule has 0 saturated carbocycles. The Hall–Kier alpha value is -2.23. The van der Waals surface area contributed by atoms with Gasteiger partial charge in [0.2, 0.25) is 5.78 Å². The highest BCUT2D eigenvalue weighted by Gasteiger charge is 2.18. The molecule has 0 amide bonds. The third-order valence-corrected chi connectivity index (χ3v) is 2.61. The highest BCUT2D eigenvalue weighted by molar-refractivity contribution is 6.06. The molecule has 1 aromatic carbocycles. The van der Waals surface area contributed by atoms with E-state index < -0.39 is 0 Å². The van der Waals surface area contributed by atoms with Crippen LogP contribution in [0.5, 0.6) is 0 Å². The van der Waals surface area contributed by atoms with Crippen molar-refractivity contribution in [1.29, 1.82) is 0 Å². The van der Waals surface area contributed by atoms with Crippen LogP contribution in [0.15, 0.2) is 42.3 Å². The van der Waals surface area contributed by atoms with Crippen LogP contribution in [-0.2, 0) is 4.74 Å². The van der Waals surface area contributed by atoms with Crippen molar-refractivity contribution in [2.75, 3.05) is 6.61 Å². The van der Waals surface area contributed by atoms with Gasteiger partial charge in [0.1, 0.15) is 5.69 Å². The molecule has 4 heteroatoms. The molecule has 0 atom stereocenters. The predicted octanol–water partition coefficient (Wildman–Crippen LogP) is 2.12. The Morgan fingerprint density at radius 3 is 2.82 bits per heavy atom. The lowest BCUT2D eigenvalue weighted by molar-refractivity contribution is 0.0937. The summed E-state index contributed by atoms with van der Waals surface area (Å²) in [6.07, 6.45) is 4.06. The van der Waals surface area contributed by atoms with Crippen LogP contribution in [0.3, 0.4) is 0 Å². The predicted molar refractivity (Wildman–Crippen MR) is 62.5 cm³/mol. The lowest BCUT2D eigenvalue weighted by atomic mass is 10.2. The van der Waals surface area contributed by atoms with Crippen LogP contribution in [0.1, 0.15) is 16.9 Å². The number of ether oxygens (including phenoxy) is 1. The average Bonchev–Trinajstić information content (AvgIpc) is 2.91. The summed E-state index contributed by atoms with van der Waals surface area (Å²) in [4.78, 5) is 20.5. The number of rotatable bonds is 2. The molecule has 3 rings (SSSR count). The van der Waals surface area contributed by atoms with Gasteiger partial charge >= 0.3 is 0 Å². The van der Waals surface area contributed by atoms with Crippen LogP contribution in [0.4, 0.5) is 0 Å². The van der Waals surface area contributed by atoms with E-state index in [4.69, 9.17) is 4.74 Å². The van der Waals surface area contributed by atoms with E-state index in [9.17, 15) is 4.79 Å². The van der Waals surface area contributed by atoms with Crippen LogP contribution in [0, 0.1) is 0 Å². The van der Waals surface area contributed by atoms with Crippen LogP contribution in [0.25, 0.3) is 11.0 Å². The topological polar surface area (TPSA) is 52.1 Å². The summed E-state index contributed by atoms with van der Waals surface area (Å²) in [7, 11) is 0. The van der Waals surface area contributed by atoms with Gasteiger partial charge in [-0.3, -0.25) is 9.78 Å². The molecular weight excluding hydrogens is 216 g/mol. The standard InChI is InChI=1S/C13H10N2O2/c16-13(12-6-3-7-17-12)11-8-14-9-4-1-2-5-10(9)15-11/h1-2,4-6,8H,3,7H2. The third-order valence-electron chi connectivity index (χ3n) is 2.61. The lowest BCUT2D eigenvalue weighted by Gasteiger charge is -2.03. The van der Waals surface area contributed by atoms with Crippen molar-refractivity contribution in [3.63, 3.8) is 0 Å². The fourth-order valence-electron chi connectivity index (χ4n) is 1.77. The Kier molecular flexibility index (Phi) is 2.33. The van der Waals surface area contributed by atoms with E-state index in [0.29, 0.717) is 18.1 Å². The molecule has 1 aromatic heterocycles. The molecule has 4 nitrogen and oxygen atoms in total. The van der Waals surface area contributed by atoms with E-state index in [2.05, 4.69) is 9.97 Å². The maximum atomic E-state index is 12.0. The lowest BCUT2D eigenvalue weighted by Crippen LogP contribution is -2.07. The highest BCUT2D eigenvalue weighted by atomic mass is 16.5. The van der Waals surface area contributed by atoms with Crippen molar-refractivity contribution in [2.24, 2.45) is 0 Å². The molecule has 0 bridgehead atoms. The zero-order valence-electron chi connectivity index (χ0n) is 9.09. The maximum Gasteiger partial charge on any atom is 0.247 e. The minimum atomic E-state index is -0.194. The molecule has 0 fully saturated rings. The van der Waals surface area contributed by atoms with E-state index in [1.54, 1.807) is 6.08 Å². The zero-order chi connectivity index (χ0) is 11.7. The molecule has 0 saturated heterocycles. The minimum absolute atomic E-state index is 0.194. The number of hydrogen-bond donors (Lipinski definition) is 0. The summed E-state index contributed by atoms with van der Waals surface area (Å²) < 4.78 is 5.22. The monoisotopic (exact) mass is 226 g/mol. The number of para-hydroxylation sites is 2. The van der Waals surface area contributed by atoms with Gasteiger partial charge in [-0.05, 0) is 18.2 Å². The number of carbonyl (C=O) groups excluding carboxylic acids is 1. The number of carbonyl (C=O) groups is 1. The van der Waals surface area contributed by atoms with E-state index in [1.807, 2.05) is 24.3 Å². The maximum absolute atomic E-state index is 12.0. The van der Waals surface area contributed by atoms with Gasteiger partial charge in [0.15, 0.2) is 5.76 Å². The van der Waals surface area contributed by atoms with Gasteiger partial charge in [0, 0.05) is 6.42 Å². The fraction of sp³-hybridized carbons (Fsp3) is 0.154. The van der Waals surface area contributed by atoms with Gasteiger partial charge in [0.05, 0.1) is 23.8 Å². The second-order valence-corrected chi connectivity index (χ2v) is 3.78. The van der Waals surface area contributed by atoms with Crippen molar-refractivity contribution in [3.8, 4) is 0 Å². The van der Waals surface area contributed by atoms with Crippen LogP contribution < -0.4 is 0 Å². The number of allylic oxidation sites excluding steroid dienone is 1. The fourth-order valence-corrected chi connectivity index (χ4v) is 1.77. The molecule has 17 heavy (non-hydrogen) atoms. The SMILES string of the molecule is O=C(C1=CCCO1)c1cnc2ccccc2n1. The molecule has 0 unspecified atom stereocenters. The number of nitrogens with zero attached hydrogens (tertiary/aromatic N) is 2. The summed E-state index contributed by atoms with van der Waals surface area (Å²) in [5.74, 6) is 0.190. The molecule has 84 valence electrons. The Balaban J connectivity index is 2.03. The van der Waals surface area contributed by atoms with Crippen LogP contribution in [-0.4, -0.2) is 22.4 Å². The Labute approximate surface area is 98.0 Å². The second-order valence-electron chi connectivity index (χ2n) is 3.78. The first-order valence-electron chi connectivity index (χ1n) is 5.44. The smallest absolute Gasteiger partial charge is 0.247 e. The van der Waals surface area contributed by atoms with Crippen molar-refractivity contribution < 1.29 is 9.53 Å².